The van der Waals surface area contributed by atoms with Gasteiger partial charge < -0.3 is 9.32 Å². The minimum absolute atomic E-state index is 0.00476. The summed E-state index contributed by atoms with van der Waals surface area (Å²) >= 11 is 0. The van der Waals surface area contributed by atoms with E-state index in [0.717, 1.165) is 22.4 Å². The first-order chi connectivity index (χ1) is 15.6. The summed E-state index contributed by atoms with van der Waals surface area (Å²) in [6, 6.07) is 12.5. The van der Waals surface area contributed by atoms with Crippen molar-refractivity contribution < 1.29 is 13.6 Å². The van der Waals surface area contributed by atoms with Crippen LogP contribution in [0.15, 0.2) is 59.3 Å². The van der Waals surface area contributed by atoms with Gasteiger partial charge in [-0.2, -0.15) is 5.10 Å². The molecule has 0 N–H and O–H groups in total. The van der Waals surface area contributed by atoms with Gasteiger partial charge in [0.2, 0.25) is 5.91 Å². The maximum absolute atomic E-state index is 13.9. The molecule has 3 aromatic heterocycles. The molecule has 1 fully saturated rings. The fraction of sp³-hybridized carbons (Fsp3) is 0.292. The Bertz CT molecular complexity index is 1240. The Kier molecular flexibility index (Phi) is 5.45. The molecule has 0 bridgehead atoms. The lowest BCUT2D eigenvalue weighted by Gasteiger charge is -2.34. The molecule has 0 spiro atoms. The summed E-state index contributed by atoms with van der Waals surface area (Å²) in [5, 5.41) is 5.48. The van der Waals surface area contributed by atoms with Crippen molar-refractivity contribution in [3.63, 3.8) is 0 Å². The van der Waals surface area contributed by atoms with E-state index in [-0.39, 0.29) is 18.3 Å². The monoisotopic (exact) mass is 433 g/mol. The fourth-order valence-electron chi connectivity index (χ4n) is 4.28. The molecule has 0 aliphatic carbocycles. The Morgan fingerprint density at radius 1 is 1.09 bits per heavy atom. The molecule has 32 heavy (non-hydrogen) atoms. The zero-order valence-corrected chi connectivity index (χ0v) is 17.9. The highest BCUT2D eigenvalue weighted by atomic mass is 19.1. The Morgan fingerprint density at radius 2 is 1.91 bits per heavy atom. The second kappa shape index (κ2) is 8.55. The van der Waals surface area contributed by atoms with Crippen LogP contribution in [0, 0.1) is 12.7 Å². The number of amides is 1. The number of benzene rings is 1. The maximum Gasteiger partial charge on any atom is 0.244 e. The summed E-state index contributed by atoms with van der Waals surface area (Å²) in [6.07, 6.45) is 3.35. The van der Waals surface area contributed by atoms with Gasteiger partial charge in [-0.3, -0.25) is 9.69 Å². The summed E-state index contributed by atoms with van der Waals surface area (Å²) in [7, 11) is 0. The minimum atomic E-state index is -0.187. The average Bonchev–Trinajstić information content (AvgIpc) is 3.45. The van der Waals surface area contributed by atoms with Gasteiger partial charge in [-0.15, -0.1) is 0 Å². The summed E-state index contributed by atoms with van der Waals surface area (Å²) in [5.41, 5.74) is 3.08. The SMILES string of the molecule is Cc1nn(CC(=O)N2CCN(Cc3ccccc3F)CC2)c2nccc(-c3ccco3)c12. The van der Waals surface area contributed by atoms with Crippen molar-refractivity contribution in [3.8, 4) is 11.3 Å². The van der Waals surface area contributed by atoms with Crippen LogP contribution in [0.25, 0.3) is 22.4 Å². The Morgan fingerprint density at radius 3 is 2.66 bits per heavy atom. The number of fused-ring (bicyclic) bond motifs is 1. The normalized spacial score (nSPS) is 14.9. The van der Waals surface area contributed by atoms with Crippen LogP contribution in [0.5, 0.6) is 0 Å². The van der Waals surface area contributed by atoms with E-state index in [4.69, 9.17) is 4.42 Å². The first-order valence-corrected chi connectivity index (χ1v) is 10.7. The molecule has 164 valence electrons. The van der Waals surface area contributed by atoms with E-state index in [9.17, 15) is 9.18 Å². The molecular weight excluding hydrogens is 409 g/mol. The molecule has 1 saturated heterocycles. The summed E-state index contributed by atoms with van der Waals surface area (Å²) in [4.78, 5) is 21.5. The predicted octanol–water partition coefficient (Wildman–Crippen LogP) is 3.48. The second-order valence-corrected chi connectivity index (χ2v) is 8.03. The molecule has 0 radical (unpaired) electrons. The smallest absolute Gasteiger partial charge is 0.244 e. The number of carbonyl (C=O) groups excluding carboxylic acids is 1. The minimum Gasteiger partial charge on any atom is -0.464 e. The van der Waals surface area contributed by atoms with Crippen LogP contribution in [0.4, 0.5) is 4.39 Å². The zero-order valence-electron chi connectivity index (χ0n) is 17.9. The van der Waals surface area contributed by atoms with Crippen molar-refractivity contribution >= 4 is 16.9 Å². The number of aromatic nitrogens is 3. The third-order valence-corrected chi connectivity index (χ3v) is 5.96. The summed E-state index contributed by atoms with van der Waals surface area (Å²) in [5.74, 6) is 0.566. The van der Waals surface area contributed by atoms with Gasteiger partial charge in [0, 0.05) is 50.0 Å². The molecule has 4 heterocycles. The number of pyridine rings is 1. The highest BCUT2D eigenvalue weighted by Gasteiger charge is 2.24. The van der Waals surface area contributed by atoms with E-state index >= 15 is 0 Å². The molecule has 0 saturated carbocycles. The van der Waals surface area contributed by atoms with E-state index in [0.29, 0.717) is 43.9 Å². The molecule has 1 aromatic carbocycles. The van der Waals surface area contributed by atoms with Gasteiger partial charge in [0.15, 0.2) is 5.65 Å². The van der Waals surface area contributed by atoms with Crippen LogP contribution in [-0.4, -0.2) is 56.7 Å². The van der Waals surface area contributed by atoms with Crippen LogP contribution >= 0.6 is 0 Å². The van der Waals surface area contributed by atoms with Gasteiger partial charge in [0.1, 0.15) is 18.1 Å². The number of carbonyl (C=O) groups is 1. The van der Waals surface area contributed by atoms with Crippen LogP contribution in [0.2, 0.25) is 0 Å². The Balaban J connectivity index is 1.27. The van der Waals surface area contributed by atoms with Crippen molar-refractivity contribution in [1.82, 2.24) is 24.6 Å². The highest BCUT2D eigenvalue weighted by molar-refractivity contribution is 5.93. The van der Waals surface area contributed by atoms with Crippen molar-refractivity contribution in [1.29, 1.82) is 0 Å². The first-order valence-electron chi connectivity index (χ1n) is 10.7. The van der Waals surface area contributed by atoms with Crippen molar-refractivity contribution in [2.75, 3.05) is 26.2 Å². The number of nitrogens with zero attached hydrogens (tertiary/aromatic N) is 5. The average molecular weight is 433 g/mol. The zero-order chi connectivity index (χ0) is 22.1. The van der Waals surface area contributed by atoms with Crippen molar-refractivity contribution in [2.45, 2.75) is 20.0 Å². The quantitative estimate of drug-likeness (QED) is 0.482. The molecular formula is C24H24FN5O2. The van der Waals surface area contributed by atoms with E-state index in [1.54, 1.807) is 23.2 Å². The molecule has 7 nitrogen and oxygen atoms in total. The van der Waals surface area contributed by atoms with Crippen LogP contribution < -0.4 is 0 Å². The molecule has 4 aromatic rings. The number of aryl methyl sites for hydroxylation is 1. The van der Waals surface area contributed by atoms with E-state index in [1.807, 2.05) is 42.2 Å². The summed E-state index contributed by atoms with van der Waals surface area (Å²) in [6.45, 7) is 5.23. The van der Waals surface area contributed by atoms with Gasteiger partial charge >= 0.3 is 0 Å². The Hall–Kier alpha value is -3.52. The third kappa shape index (κ3) is 3.89. The molecule has 0 unspecified atom stereocenters. The largest absolute Gasteiger partial charge is 0.464 e. The number of hydrogen-bond acceptors (Lipinski definition) is 5. The van der Waals surface area contributed by atoms with Gasteiger partial charge in [-0.1, -0.05) is 18.2 Å². The van der Waals surface area contributed by atoms with E-state index in [2.05, 4.69) is 15.0 Å². The highest BCUT2D eigenvalue weighted by Crippen LogP contribution is 2.30. The lowest BCUT2D eigenvalue weighted by Crippen LogP contribution is -2.49. The molecule has 1 aliphatic heterocycles. The molecule has 1 aliphatic rings. The molecule has 5 rings (SSSR count). The third-order valence-electron chi connectivity index (χ3n) is 5.96. The van der Waals surface area contributed by atoms with Gasteiger partial charge in [-0.05, 0) is 31.2 Å². The molecule has 1 amide bonds. The standard InChI is InChI=1S/C24H24FN5O2/c1-17-23-19(21-7-4-14-32-21)8-9-26-24(23)30(27-17)16-22(31)29-12-10-28(11-13-29)15-18-5-2-3-6-20(18)25/h2-9,14H,10-13,15-16H2,1H3. The van der Waals surface area contributed by atoms with Crippen LogP contribution in [0.1, 0.15) is 11.3 Å². The van der Waals surface area contributed by atoms with Gasteiger partial charge in [0.25, 0.3) is 0 Å². The molecule has 8 heteroatoms. The van der Waals surface area contributed by atoms with Crippen molar-refractivity contribution in [2.24, 2.45) is 0 Å². The van der Waals surface area contributed by atoms with Gasteiger partial charge in [0.05, 0.1) is 17.3 Å². The fourth-order valence-corrected chi connectivity index (χ4v) is 4.28. The first kappa shape index (κ1) is 20.4. The van der Waals surface area contributed by atoms with Crippen LogP contribution in [-0.2, 0) is 17.9 Å². The van der Waals surface area contributed by atoms with Crippen LogP contribution in [0.3, 0.4) is 0 Å². The van der Waals surface area contributed by atoms with Gasteiger partial charge in [-0.25, -0.2) is 14.1 Å². The number of rotatable bonds is 5. The molecule has 0 atom stereocenters. The number of hydrogen-bond donors (Lipinski definition) is 0. The number of piperazine rings is 1. The summed E-state index contributed by atoms with van der Waals surface area (Å²) < 4.78 is 21.2. The van der Waals surface area contributed by atoms with E-state index < -0.39 is 0 Å². The Labute approximate surface area is 185 Å². The predicted molar refractivity (Wildman–Crippen MR) is 118 cm³/mol. The lowest BCUT2D eigenvalue weighted by molar-refractivity contribution is -0.133. The lowest BCUT2D eigenvalue weighted by atomic mass is 10.1. The topological polar surface area (TPSA) is 67.4 Å². The number of furan rings is 1. The second-order valence-electron chi connectivity index (χ2n) is 8.03. The van der Waals surface area contributed by atoms with E-state index in [1.165, 1.54) is 6.07 Å². The maximum atomic E-state index is 13.9. The number of halogens is 1. The van der Waals surface area contributed by atoms with Crippen molar-refractivity contribution in [3.05, 3.63) is 72.0 Å².